The molecule has 0 bridgehead atoms. The minimum Gasteiger partial charge on any atom is -0.493 e. The average molecular weight is 413 g/mol. The molecule has 6 nitrogen and oxygen atoms in total. The Morgan fingerprint density at radius 3 is 2.23 bits per heavy atom. The second-order valence-electron chi connectivity index (χ2n) is 7.01. The molecule has 0 radical (unpaired) electrons. The van der Waals surface area contributed by atoms with Gasteiger partial charge in [-0.1, -0.05) is 24.3 Å². The first-order valence-corrected chi connectivity index (χ1v) is 9.52. The van der Waals surface area contributed by atoms with Crippen LogP contribution in [0.1, 0.15) is 39.6 Å². The van der Waals surface area contributed by atoms with Gasteiger partial charge in [-0.2, -0.15) is 4.39 Å². The number of rotatable bonds is 6. The summed E-state index contributed by atoms with van der Waals surface area (Å²) in [5.41, 5.74) is 0.730. The molecule has 3 rings (SSSR count). The van der Waals surface area contributed by atoms with Crippen molar-refractivity contribution in [2.75, 3.05) is 34.4 Å². The normalized spacial score (nSPS) is 14.1. The van der Waals surface area contributed by atoms with Crippen LogP contribution in [0, 0.1) is 5.82 Å². The molecule has 0 unspecified atom stereocenters. The molecule has 1 heterocycles. The van der Waals surface area contributed by atoms with Gasteiger partial charge in [-0.05, 0) is 38.1 Å². The van der Waals surface area contributed by atoms with Crippen LogP contribution in [0.2, 0.25) is 0 Å². The number of methoxy groups -OCH3 is 2. The molecular formula is C23H24FNO5. The number of carbonyl (C=O) groups excluding carboxylic acids is 2. The molecule has 0 aromatic heterocycles. The maximum absolute atomic E-state index is 15.3. The van der Waals surface area contributed by atoms with E-state index in [0.717, 1.165) is 0 Å². The van der Waals surface area contributed by atoms with Crippen molar-refractivity contribution in [1.29, 1.82) is 0 Å². The lowest BCUT2D eigenvalue weighted by Crippen LogP contribution is -2.25. The van der Waals surface area contributed by atoms with Gasteiger partial charge in [0.1, 0.15) is 5.75 Å². The standard InChI is InChI=1S/C23H24FNO5/c1-14(26)17-19(23(27)30-16-8-6-5-7-9-16)18(15-10-12-25(2)13-11-15)22(29-4)20(24)21(17)28-3/h5-10H,11-13H2,1-4H3. The third kappa shape index (κ3) is 4.07. The number of likely N-dealkylation sites (N-methyl/N-ethyl adjacent to an activating group) is 1. The van der Waals surface area contributed by atoms with Crippen molar-refractivity contribution in [2.24, 2.45) is 0 Å². The molecule has 1 aliphatic rings. The van der Waals surface area contributed by atoms with E-state index < -0.39 is 17.6 Å². The fraction of sp³-hybridized carbons (Fsp3) is 0.304. The number of para-hydroxylation sites is 1. The van der Waals surface area contributed by atoms with Crippen LogP contribution in [0.15, 0.2) is 36.4 Å². The van der Waals surface area contributed by atoms with Crippen molar-refractivity contribution in [3.05, 3.63) is 58.9 Å². The molecule has 30 heavy (non-hydrogen) atoms. The number of ketones is 1. The first-order chi connectivity index (χ1) is 14.4. The van der Waals surface area contributed by atoms with Crippen LogP contribution in [-0.2, 0) is 0 Å². The Kier molecular flexibility index (Phi) is 6.52. The summed E-state index contributed by atoms with van der Waals surface area (Å²) in [6.45, 7) is 2.59. The van der Waals surface area contributed by atoms with Gasteiger partial charge in [-0.25, -0.2) is 4.79 Å². The molecule has 0 saturated heterocycles. The lowest BCUT2D eigenvalue weighted by Gasteiger charge is -2.26. The molecule has 1 aliphatic heterocycles. The van der Waals surface area contributed by atoms with E-state index in [1.54, 1.807) is 30.3 Å². The van der Waals surface area contributed by atoms with Gasteiger partial charge < -0.3 is 19.1 Å². The van der Waals surface area contributed by atoms with Gasteiger partial charge in [0.25, 0.3) is 0 Å². The minimum atomic E-state index is -0.823. The van der Waals surface area contributed by atoms with E-state index in [2.05, 4.69) is 4.90 Å². The zero-order chi connectivity index (χ0) is 21.8. The van der Waals surface area contributed by atoms with Crippen LogP contribution >= 0.6 is 0 Å². The fourth-order valence-corrected chi connectivity index (χ4v) is 3.55. The van der Waals surface area contributed by atoms with Gasteiger partial charge >= 0.3 is 5.97 Å². The highest BCUT2D eigenvalue weighted by Gasteiger charge is 2.34. The molecule has 0 amide bonds. The first kappa shape index (κ1) is 21.5. The van der Waals surface area contributed by atoms with Gasteiger partial charge in [0.2, 0.25) is 5.82 Å². The number of halogens is 1. The SMILES string of the molecule is COc1c(F)c(OC)c(C2=CCN(C)CC2)c(C(=O)Oc2ccccc2)c1C(C)=O. The van der Waals surface area contributed by atoms with Crippen LogP contribution < -0.4 is 14.2 Å². The maximum atomic E-state index is 15.3. The minimum absolute atomic E-state index is 0.0581. The van der Waals surface area contributed by atoms with E-state index in [9.17, 15) is 9.59 Å². The Morgan fingerprint density at radius 1 is 1.03 bits per heavy atom. The molecule has 0 aliphatic carbocycles. The zero-order valence-corrected chi connectivity index (χ0v) is 17.5. The molecule has 0 N–H and O–H groups in total. The Bertz CT molecular complexity index is 1000. The summed E-state index contributed by atoms with van der Waals surface area (Å²) >= 11 is 0. The number of ether oxygens (including phenoxy) is 3. The van der Waals surface area contributed by atoms with Crippen LogP contribution in [-0.4, -0.2) is 51.0 Å². The summed E-state index contributed by atoms with van der Waals surface area (Å²) < 4.78 is 31.3. The van der Waals surface area contributed by atoms with Crippen molar-refractivity contribution in [3.8, 4) is 17.2 Å². The van der Waals surface area contributed by atoms with Crippen molar-refractivity contribution < 1.29 is 28.2 Å². The van der Waals surface area contributed by atoms with E-state index in [-0.39, 0.29) is 28.2 Å². The quantitative estimate of drug-likeness (QED) is 0.405. The molecule has 2 aromatic carbocycles. The molecule has 158 valence electrons. The van der Waals surface area contributed by atoms with E-state index in [1.807, 2.05) is 13.1 Å². The van der Waals surface area contributed by atoms with E-state index in [1.165, 1.54) is 21.1 Å². The van der Waals surface area contributed by atoms with E-state index in [4.69, 9.17) is 14.2 Å². The summed E-state index contributed by atoms with van der Waals surface area (Å²) in [7, 11) is 4.52. The predicted octanol–water partition coefficient (Wildman–Crippen LogP) is 3.98. The van der Waals surface area contributed by atoms with Crippen molar-refractivity contribution >= 4 is 17.3 Å². The zero-order valence-electron chi connectivity index (χ0n) is 17.5. The highest BCUT2D eigenvalue weighted by Crippen LogP contribution is 2.43. The Balaban J connectivity index is 2.30. The predicted molar refractivity (Wildman–Crippen MR) is 111 cm³/mol. The first-order valence-electron chi connectivity index (χ1n) is 9.52. The van der Waals surface area contributed by atoms with Gasteiger partial charge in [0.05, 0.1) is 25.3 Å². The smallest absolute Gasteiger partial charge is 0.345 e. The van der Waals surface area contributed by atoms with Gasteiger partial charge in [0.15, 0.2) is 17.3 Å². The number of hydrogen-bond acceptors (Lipinski definition) is 6. The number of benzene rings is 2. The Morgan fingerprint density at radius 2 is 1.70 bits per heavy atom. The fourth-order valence-electron chi connectivity index (χ4n) is 3.55. The third-order valence-electron chi connectivity index (χ3n) is 5.00. The van der Waals surface area contributed by atoms with Gasteiger partial charge in [0, 0.05) is 18.7 Å². The molecule has 0 saturated carbocycles. The van der Waals surface area contributed by atoms with Crippen LogP contribution in [0.25, 0.3) is 5.57 Å². The monoisotopic (exact) mass is 413 g/mol. The maximum Gasteiger partial charge on any atom is 0.345 e. The number of esters is 1. The summed E-state index contributed by atoms with van der Waals surface area (Å²) in [6, 6.07) is 8.48. The van der Waals surface area contributed by atoms with Crippen molar-refractivity contribution in [1.82, 2.24) is 4.90 Å². The second-order valence-corrected chi connectivity index (χ2v) is 7.01. The number of Topliss-reactive ketones (excluding diaryl/α,β-unsaturated/α-hetero) is 1. The van der Waals surface area contributed by atoms with E-state index >= 15 is 4.39 Å². The molecule has 0 fully saturated rings. The topological polar surface area (TPSA) is 65.1 Å². The summed E-state index contributed by atoms with van der Waals surface area (Å²) in [5, 5.41) is 0. The average Bonchev–Trinajstić information content (AvgIpc) is 2.74. The van der Waals surface area contributed by atoms with Gasteiger partial charge in [-0.3, -0.25) is 4.79 Å². The second kappa shape index (κ2) is 9.09. The highest BCUT2D eigenvalue weighted by molar-refractivity contribution is 6.11. The summed E-state index contributed by atoms with van der Waals surface area (Å²) in [5.74, 6) is -2.29. The molecule has 2 aromatic rings. The van der Waals surface area contributed by atoms with Crippen molar-refractivity contribution in [3.63, 3.8) is 0 Å². The largest absolute Gasteiger partial charge is 0.493 e. The lowest BCUT2D eigenvalue weighted by atomic mass is 9.88. The number of hydrogen-bond donors (Lipinski definition) is 0. The van der Waals surface area contributed by atoms with Crippen LogP contribution in [0.3, 0.4) is 0 Å². The highest BCUT2D eigenvalue weighted by atomic mass is 19.1. The summed E-state index contributed by atoms with van der Waals surface area (Å²) in [4.78, 5) is 27.9. The molecule has 0 spiro atoms. The van der Waals surface area contributed by atoms with E-state index in [0.29, 0.717) is 30.8 Å². The van der Waals surface area contributed by atoms with Crippen LogP contribution in [0.5, 0.6) is 17.2 Å². The molecule has 7 heteroatoms. The lowest BCUT2D eigenvalue weighted by molar-refractivity contribution is 0.0728. The Hall–Kier alpha value is -3.19. The van der Waals surface area contributed by atoms with Gasteiger partial charge in [-0.15, -0.1) is 0 Å². The molecule has 0 atom stereocenters. The molecular weight excluding hydrogens is 389 g/mol. The van der Waals surface area contributed by atoms with Crippen LogP contribution in [0.4, 0.5) is 4.39 Å². The summed E-state index contributed by atoms with van der Waals surface area (Å²) in [6.07, 6.45) is 2.46. The Labute approximate surface area is 174 Å². The number of nitrogens with zero attached hydrogens (tertiary/aromatic N) is 1. The number of carbonyl (C=O) groups is 2. The van der Waals surface area contributed by atoms with Crippen molar-refractivity contribution in [2.45, 2.75) is 13.3 Å². The third-order valence-corrected chi connectivity index (χ3v) is 5.00.